The number of halogens is 5. The van der Waals surface area contributed by atoms with Gasteiger partial charge >= 0.3 is 6.18 Å². The highest BCUT2D eigenvalue weighted by atomic mass is 79.9. The minimum Gasteiger partial charge on any atom is -0.497 e. The molecular formula is C12H14BrF4NO. The Kier molecular flexibility index (Phi) is 6.06. The highest BCUT2D eigenvalue weighted by Crippen LogP contribution is 2.21. The molecule has 0 saturated carbocycles. The number of hydrogen-bond donors (Lipinski definition) is 0. The molecule has 0 heterocycles. The van der Waals surface area contributed by atoms with Gasteiger partial charge in [0.05, 0.1) is 13.7 Å². The van der Waals surface area contributed by atoms with Crippen molar-refractivity contribution >= 4 is 15.9 Å². The second-order valence-corrected chi connectivity index (χ2v) is 4.77. The molecule has 0 amide bonds. The van der Waals surface area contributed by atoms with Crippen LogP contribution >= 0.6 is 15.9 Å². The largest absolute Gasteiger partial charge is 0.497 e. The van der Waals surface area contributed by atoms with Crippen molar-refractivity contribution in [2.45, 2.75) is 12.7 Å². The van der Waals surface area contributed by atoms with Gasteiger partial charge in [-0.05, 0) is 6.07 Å². The highest BCUT2D eigenvalue weighted by molar-refractivity contribution is 9.09. The second kappa shape index (κ2) is 7.09. The van der Waals surface area contributed by atoms with Gasteiger partial charge in [-0.1, -0.05) is 22.0 Å². The first-order valence-corrected chi connectivity index (χ1v) is 6.65. The fraction of sp³-hybridized carbons (Fsp3) is 0.500. The summed E-state index contributed by atoms with van der Waals surface area (Å²) in [6.45, 7) is -0.976. The summed E-state index contributed by atoms with van der Waals surface area (Å²) < 4.78 is 55.7. The molecule has 0 unspecified atom stereocenters. The van der Waals surface area contributed by atoms with Crippen molar-refractivity contribution in [3.05, 3.63) is 29.6 Å². The van der Waals surface area contributed by atoms with Crippen molar-refractivity contribution in [1.82, 2.24) is 4.90 Å². The van der Waals surface area contributed by atoms with Crippen LogP contribution in [0.1, 0.15) is 5.56 Å². The minimum atomic E-state index is -4.30. The molecule has 0 N–H and O–H groups in total. The van der Waals surface area contributed by atoms with Crippen LogP contribution in [0, 0.1) is 5.82 Å². The van der Waals surface area contributed by atoms with Crippen LogP contribution in [0.3, 0.4) is 0 Å². The summed E-state index contributed by atoms with van der Waals surface area (Å²) in [5.41, 5.74) is 0.214. The third-order valence-corrected chi connectivity index (χ3v) is 2.81. The predicted octanol–water partition coefficient (Wildman–Crippen LogP) is 3.59. The van der Waals surface area contributed by atoms with E-state index in [2.05, 4.69) is 15.9 Å². The van der Waals surface area contributed by atoms with Crippen LogP contribution in [0.5, 0.6) is 5.75 Å². The number of methoxy groups -OCH3 is 1. The summed E-state index contributed by atoms with van der Waals surface area (Å²) in [6.07, 6.45) is -4.30. The molecule has 1 rings (SSSR count). The van der Waals surface area contributed by atoms with Gasteiger partial charge < -0.3 is 4.74 Å². The molecule has 0 bridgehead atoms. The minimum absolute atomic E-state index is 0.0963. The highest BCUT2D eigenvalue weighted by Gasteiger charge is 2.30. The van der Waals surface area contributed by atoms with Crippen LogP contribution in [-0.2, 0) is 6.54 Å². The van der Waals surface area contributed by atoms with Crippen molar-refractivity contribution in [3.8, 4) is 5.75 Å². The Hall–Kier alpha value is -0.820. The normalized spacial score (nSPS) is 11.9. The van der Waals surface area contributed by atoms with E-state index >= 15 is 0 Å². The average Bonchev–Trinajstić information content (AvgIpc) is 2.30. The third-order valence-electron chi connectivity index (χ3n) is 2.46. The van der Waals surface area contributed by atoms with Crippen LogP contribution in [0.25, 0.3) is 0 Å². The standard InChI is InChI=1S/C12H14BrF4NO/c1-19-10-3-2-9(11(14)6-10)7-18(5-4-13)8-12(15,16)17/h2-3,6H,4-5,7-8H2,1H3. The summed E-state index contributed by atoms with van der Waals surface area (Å²) in [7, 11) is 1.40. The molecule has 0 aliphatic carbocycles. The van der Waals surface area contributed by atoms with Crippen molar-refractivity contribution < 1.29 is 22.3 Å². The molecule has 0 radical (unpaired) electrons. The lowest BCUT2D eigenvalue weighted by atomic mass is 10.2. The lowest BCUT2D eigenvalue weighted by molar-refractivity contribution is -0.146. The smallest absolute Gasteiger partial charge is 0.401 e. The predicted molar refractivity (Wildman–Crippen MR) is 68.1 cm³/mol. The van der Waals surface area contributed by atoms with E-state index in [0.29, 0.717) is 11.1 Å². The van der Waals surface area contributed by atoms with E-state index in [1.165, 1.54) is 19.2 Å². The fourth-order valence-electron chi connectivity index (χ4n) is 1.61. The molecule has 19 heavy (non-hydrogen) atoms. The quantitative estimate of drug-likeness (QED) is 0.578. The lowest BCUT2D eigenvalue weighted by Gasteiger charge is -2.23. The van der Waals surface area contributed by atoms with E-state index in [9.17, 15) is 17.6 Å². The van der Waals surface area contributed by atoms with Crippen molar-refractivity contribution in [3.63, 3.8) is 0 Å². The van der Waals surface area contributed by atoms with Gasteiger partial charge in [0.2, 0.25) is 0 Å². The summed E-state index contributed by atoms with van der Waals surface area (Å²) in [5.74, 6) is -0.231. The Labute approximate surface area is 117 Å². The first-order chi connectivity index (χ1) is 8.85. The van der Waals surface area contributed by atoms with Crippen LogP contribution in [0.4, 0.5) is 17.6 Å². The summed E-state index contributed by atoms with van der Waals surface area (Å²) in [4.78, 5) is 1.14. The molecule has 0 spiro atoms. The van der Waals surface area contributed by atoms with Gasteiger partial charge in [-0.25, -0.2) is 4.39 Å². The first kappa shape index (κ1) is 16.2. The molecule has 1 aromatic carbocycles. The molecule has 0 atom stereocenters. The Morgan fingerprint density at radius 2 is 2.00 bits per heavy atom. The molecule has 0 aliphatic heterocycles. The molecule has 0 aromatic heterocycles. The molecule has 0 saturated heterocycles. The molecule has 108 valence electrons. The molecule has 7 heteroatoms. The Balaban J connectivity index is 2.78. The molecule has 1 aromatic rings. The summed E-state index contributed by atoms with van der Waals surface area (Å²) in [6, 6.07) is 4.12. The van der Waals surface area contributed by atoms with E-state index in [4.69, 9.17) is 4.74 Å². The van der Waals surface area contributed by atoms with Gasteiger partial charge in [0.15, 0.2) is 0 Å². The molecule has 2 nitrogen and oxygen atoms in total. The summed E-state index contributed by atoms with van der Waals surface area (Å²) >= 11 is 3.09. The second-order valence-electron chi connectivity index (χ2n) is 3.97. The maximum absolute atomic E-state index is 13.7. The van der Waals surface area contributed by atoms with Crippen LogP contribution in [-0.4, -0.2) is 36.6 Å². The number of hydrogen-bond acceptors (Lipinski definition) is 2. The number of alkyl halides is 4. The Morgan fingerprint density at radius 1 is 1.32 bits per heavy atom. The Morgan fingerprint density at radius 3 is 2.47 bits per heavy atom. The van der Waals surface area contributed by atoms with Gasteiger partial charge in [0, 0.05) is 30.0 Å². The zero-order valence-electron chi connectivity index (χ0n) is 10.3. The Bertz CT molecular complexity index is 411. The third kappa shape index (κ3) is 5.78. The maximum atomic E-state index is 13.7. The zero-order chi connectivity index (χ0) is 14.5. The van der Waals surface area contributed by atoms with Crippen LogP contribution in [0.15, 0.2) is 18.2 Å². The topological polar surface area (TPSA) is 12.5 Å². The number of rotatable bonds is 6. The summed E-state index contributed by atoms with van der Waals surface area (Å²) in [5, 5.41) is 0.390. The lowest BCUT2D eigenvalue weighted by Crippen LogP contribution is -2.35. The van der Waals surface area contributed by atoms with E-state index in [1.807, 2.05) is 0 Å². The van der Waals surface area contributed by atoms with Gasteiger partial charge in [0.25, 0.3) is 0 Å². The van der Waals surface area contributed by atoms with E-state index in [-0.39, 0.29) is 18.7 Å². The molecular weight excluding hydrogens is 330 g/mol. The number of nitrogens with zero attached hydrogens (tertiary/aromatic N) is 1. The number of ether oxygens (including phenoxy) is 1. The van der Waals surface area contributed by atoms with E-state index in [0.717, 1.165) is 11.0 Å². The van der Waals surface area contributed by atoms with Crippen molar-refractivity contribution in [1.29, 1.82) is 0 Å². The van der Waals surface area contributed by atoms with Gasteiger partial charge in [-0.2, -0.15) is 13.2 Å². The van der Waals surface area contributed by atoms with E-state index < -0.39 is 18.5 Å². The fourth-order valence-corrected chi connectivity index (χ4v) is 2.11. The average molecular weight is 344 g/mol. The SMILES string of the molecule is COc1ccc(CN(CCBr)CC(F)(F)F)c(F)c1. The van der Waals surface area contributed by atoms with Crippen LogP contribution in [0.2, 0.25) is 0 Å². The van der Waals surface area contributed by atoms with E-state index in [1.54, 1.807) is 0 Å². The van der Waals surface area contributed by atoms with Crippen molar-refractivity contribution in [2.24, 2.45) is 0 Å². The first-order valence-electron chi connectivity index (χ1n) is 5.53. The maximum Gasteiger partial charge on any atom is 0.401 e. The van der Waals surface area contributed by atoms with Gasteiger partial charge in [-0.15, -0.1) is 0 Å². The van der Waals surface area contributed by atoms with Crippen molar-refractivity contribution in [2.75, 3.05) is 25.5 Å². The van der Waals surface area contributed by atoms with Crippen LogP contribution < -0.4 is 4.74 Å². The molecule has 0 aliphatic rings. The monoisotopic (exact) mass is 343 g/mol. The zero-order valence-corrected chi connectivity index (χ0v) is 11.9. The molecule has 0 fully saturated rings. The van der Waals surface area contributed by atoms with Gasteiger partial charge in [-0.3, -0.25) is 4.90 Å². The number of benzene rings is 1. The van der Waals surface area contributed by atoms with Gasteiger partial charge in [0.1, 0.15) is 11.6 Å².